The van der Waals surface area contributed by atoms with Crippen LogP contribution in [-0.2, 0) is 13.1 Å². The molecule has 3 aliphatic rings. The molecular formula is C33H44N6O. The van der Waals surface area contributed by atoms with Gasteiger partial charge in [0, 0.05) is 64.1 Å². The Hall–Kier alpha value is -3.29. The predicted octanol–water partition coefficient (Wildman–Crippen LogP) is 5.55. The van der Waals surface area contributed by atoms with Crippen molar-refractivity contribution >= 4 is 17.7 Å². The summed E-state index contributed by atoms with van der Waals surface area (Å²) in [4.78, 5) is 26.3. The van der Waals surface area contributed by atoms with E-state index in [0.717, 1.165) is 43.1 Å². The van der Waals surface area contributed by atoms with Gasteiger partial charge in [0.1, 0.15) is 12.6 Å². The van der Waals surface area contributed by atoms with Gasteiger partial charge in [-0.1, -0.05) is 38.0 Å². The van der Waals surface area contributed by atoms with Crippen molar-refractivity contribution in [2.24, 2.45) is 0 Å². The molecule has 3 aromatic rings. The monoisotopic (exact) mass is 540 g/mol. The number of carbonyl (C=O) groups is 1. The van der Waals surface area contributed by atoms with Crippen LogP contribution < -0.4 is 10.2 Å². The van der Waals surface area contributed by atoms with Gasteiger partial charge in [0.2, 0.25) is 0 Å². The molecule has 6 rings (SSSR count). The van der Waals surface area contributed by atoms with Crippen molar-refractivity contribution in [3.05, 3.63) is 82.9 Å². The average molecular weight is 541 g/mol. The number of benzene rings is 2. The van der Waals surface area contributed by atoms with Crippen molar-refractivity contribution in [2.45, 2.75) is 57.5 Å². The van der Waals surface area contributed by atoms with Gasteiger partial charge in [-0.25, -0.2) is 9.97 Å². The van der Waals surface area contributed by atoms with Crippen molar-refractivity contribution in [3.8, 4) is 0 Å². The lowest BCUT2D eigenvalue weighted by Gasteiger charge is -2.34. The second kappa shape index (κ2) is 13.4. The van der Waals surface area contributed by atoms with Crippen molar-refractivity contribution in [1.29, 1.82) is 0 Å². The smallest absolute Gasteiger partial charge is 0.150 e. The van der Waals surface area contributed by atoms with Crippen LogP contribution in [0.4, 0.5) is 11.4 Å². The Morgan fingerprint density at radius 1 is 1.00 bits per heavy atom. The number of rotatable bonds is 6. The van der Waals surface area contributed by atoms with Gasteiger partial charge in [-0.2, -0.15) is 0 Å². The topological polar surface area (TPSA) is 64.6 Å². The molecule has 0 spiro atoms. The minimum absolute atomic E-state index is 0.435. The largest absolute Gasteiger partial charge is 0.388 e. The van der Waals surface area contributed by atoms with E-state index in [9.17, 15) is 4.79 Å². The Morgan fingerprint density at radius 3 is 2.45 bits per heavy atom. The van der Waals surface area contributed by atoms with Crippen LogP contribution in [0.2, 0.25) is 0 Å². The van der Waals surface area contributed by atoms with E-state index in [0.29, 0.717) is 5.92 Å². The summed E-state index contributed by atoms with van der Waals surface area (Å²) in [5.74, 6) is 1.23. The zero-order valence-corrected chi connectivity index (χ0v) is 24.4. The molecule has 212 valence electrons. The molecule has 0 bridgehead atoms. The number of nitrogens with one attached hydrogen (secondary N) is 1. The summed E-state index contributed by atoms with van der Waals surface area (Å²) < 4.78 is 0. The van der Waals surface area contributed by atoms with Gasteiger partial charge in [-0.3, -0.25) is 9.69 Å². The highest BCUT2D eigenvalue weighted by Gasteiger charge is 2.23. The molecule has 0 radical (unpaired) electrons. The van der Waals surface area contributed by atoms with Crippen LogP contribution in [-0.4, -0.2) is 72.9 Å². The number of piperazine rings is 1. The van der Waals surface area contributed by atoms with Crippen molar-refractivity contribution in [2.75, 3.05) is 57.0 Å². The molecule has 7 nitrogen and oxygen atoms in total. The summed E-state index contributed by atoms with van der Waals surface area (Å²) in [7, 11) is 4.25. The zero-order chi connectivity index (χ0) is 27.9. The standard InChI is InChI=1S/C18H29N3.C15H15N3O/c1-19-18-12-15(14-21-9-7-20(2)8-10-21)11-17(13-18)16-5-3-4-6-16;1-11-7-18(14-5-16-10-17-6-14)8-13-4-12(9-19)2-3-15(11)13/h11-13,16,19H,3-10,14H2,1-2H3;2-6,9-11H,7-8H2,1H3. The predicted molar refractivity (Wildman–Crippen MR) is 163 cm³/mol. The molecule has 0 amide bonds. The van der Waals surface area contributed by atoms with Crippen molar-refractivity contribution in [3.63, 3.8) is 0 Å². The van der Waals surface area contributed by atoms with E-state index in [1.54, 1.807) is 5.56 Å². The van der Waals surface area contributed by atoms with Crippen molar-refractivity contribution < 1.29 is 4.79 Å². The SMILES string of the molecule is CC1CN(c2cncnc2)Cc2cc(C=O)ccc21.CNc1cc(CN2CCN(C)CC2)cc(C2CCCC2)c1. The number of fused-ring (bicyclic) bond motifs is 1. The van der Waals surface area contributed by atoms with Crippen LogP contribution in [0.1, 0.15) is 77.1 Å². The highest BCUT2D eigenvalue weighted by molar-refractivity contribution is 5.75. The molecule has 7 heteroatoms. The molecule has 40 heavy (non-hydrogen) atoms. The van der Waals surface area contributed by atoms with Gasteiger partial charge in [0.05, 0.1) is 18.1 Å². The van der Waals surface area contributed by atoms with E-state index >= 15 is 0 Å². The first-order valence-corrected chi connectivity index (χ1v) is 14.8. The number of aldehydes is 1. The molecule has 1 N–H and O–H groups in total. The lowest BCUT2D eigenvalue weighted by molar-refractivity contribution is 0.112. The van der Waals surface area contributed by atoms with Gasteiger partial charge in [-0.15, -0.1) is 0 Å². The molecular weight excluding hydrogens is 496 g/mol. The number of carbonyl (C=O) groups excluding carboxylic acids is 1. The average Bonchev–Trinajstić information content (AvgIpc) is 3.54. The first-order chi connectivity index (χ1) is 19.5. The fraction of sp³-hybridized carbons (Fsp3) is 0.485. The molecule has 1 aromatic heterocycles. The number of hydrogen-bond acceptors (Lipinski definition) is 7. The van der Waals surface area contributed by atoms with E-state index in [1.165, 1.54) is 80.6 Å². The fourth-order valence-corrected chi connectivity index (χ4v) is 6.38. The van der Waals surface area contributed by atoms with Crippen LogP contribution in [0.25, 0.3) is 0 Å². The Labute approximate surface area is 239 Å². The van der Waals surface area contributed by atoms with Crippen LogP contribution >= 0.6 is 0 Å². The van der Waals surface area contributed by atoms with Gasteiger partial charge in [0.25, 0.3) is 0 Å². The third-order valence-corrected chi connectivity index (χ3v) is 8.73. The molecule has 2 fully saturated rings. The molecule has 1 saturated heterocycles. The summed E-state index contributed by atoms with van der Waals surface area (Å²) in [5, 5.41) is 3.35. The third-order valence-electron chi connectivity index (χ3n) is 8.73. The highest BCUT2D eigenvalue weighted by Crippen LogP contribution is 2.36. The van der Waals surface area contributed by atoms with Crippen molar-refractivity contribution in [1.82, 2.24) is 19.8 Å². The molecule has 1 unspecified atom stereocenters. The maximum atomic E-state index is 10.9. The Bertz CT molecular complexity index is 1250. The van der Waals surface area contributed by atoms with E-state index < -0.39 is 0 Å². The number of likely N-dealkylation sites (N-methyl/N-ethyl adjacent to an activating group) is 1. The number of hydrogen-bond donors (Lipinski definition) is 1. The summed E-state index contributed by atoms with van der Waals surface area (Å²) in [6.45, 7) is 9.83. The Kier molecular flexibility index (Phi) is 9.45. The molecule has 3 heterocycles. The Morgan fingerprint density at radius 2 is 1.75 bits per heavy atom. The maximum absolute atomic E-state index is 10.9. The number of anilines is 2. The third kappa shape index (κ3) is 7.07. The summed E-state index contributed by atoms with van der Waals surface area (Å²) in [6.07, 6.45) is 11.7. The number of aromatic nitrogens is 2. The molecule has 2 aromatic carbocycles. The van der Waals surface area contributed by atoms with E-state index in [1.807, 2.05) is 31.6 Å². The summed E-state index contributed by atoms with van der Waals surface area (Å²) in [6, 6.07) is 13.1. The lowest BCUT2D eigenvalue weighted by atomic mass is 9.90. The Balaban J connectivity index is 0.000000162. The highest BCUT2D eigenvalue weighted by atomic mass is 16.1. The summed E-state index contributed by atoms with van der Waals surface area (Å²) in [5.41, 5.74) is 8.62. The first-order valence-electron chi connectivity index (χ1n) is 14.8. The van der Waals surface area contributed by atoms with Crippen LogP contribution in [0, 0.1) is 0 Å². The number of nitrogens with zero attached hydrogens (tertiary/aromatic N) is 5. The van der Waals surface area contributed by atoms with Gasteiger partial charge in [-0.05, 0) is 72.2 Å². The van der Waals surface area contributed by atoms with Gasteiger partial charge >= 0.3 is 0 Å². The second-order valence-corrected chi connectivity index (χ2v) is 11.7. The lowest BCUT2D eigenvalue weighted by Crippen LogP contribution is -2.43. The quantitative estimate of drug-likeness (QED) is 0.412. The fourth-order valence-electron chi connectivity index (χ4n) is 6.38. The molecule has 2 aliphatic heterocycles. The van der Waals surface area contributed by atoms with Crippen LogP contribution in [0.5, 0.6) is 0 Å². The van der Waals surface area contributed by atoms with E-state index in [4.69, 9.17) is 0 Å². The second-order valence-electron chi connectivity index (χ2n) is 11.7. The first kappa shape index (κ1) is 28.2. The molecule has 1 saturated carbocycles. The van der Waals surface area contributed by atoms with Crippen LogP contribution in [0.15, 0.2) is 55.1 Å². The van der Waals surface area contributed by atoms with Gasteiger partial charge in [0.15, 0.2) is 0 Å². The minimum atomic E-state index is 0.435. The maximum Gasteiger partial charge on any atom is 0.150 e. The minimum Gasteiger partial charge on any atom is -0.388 e. The zero-order valence-electron chi connectivity index (χ0n) is 24.4. The molecule has 1 aliphatic carbocycles. The van der Waals surface area contributed by atoms with Gasteiger partial charge < -0.3 is 15.1 Å². The van der Waals surface area contributed by atoms with Crippen LogP contribution in [0.3, 0.4) is 0 Å². The van der Waals surface area contributed by atoms with E-state index in [-0.39, 0.29) is 0 Å². The van der Waals surface area contributed by atoms with E-state index in [2.05, 4.69) is 68.2 Å². The normalized spacial score (nSPS) is 20.0. The molecule has 1 atom stereocenters. The summed E-state index contributed by atoms with van der Waals surface area (Å²) >= 11 is 0.